The molecule has 1 aromatic heterocycles. The minimum absolute atomic E-state index is 0.0464. The monoisotopic (exact) mass is 253 g/mol. The standard InChI is InChI=1S/C16H19N3/c1-12-13(14-4-2-3-5-15(14)19-12)6-9-18-11-16(10-17)7-8-16/h2-5,18-19H,6-9,11H2,1H3. The number of aromatic amines is 1. The lowest BCUT2D eigenvalue weighted by atomic mass is 10.1. The smallest absolute Gasteiger partial charge is 0.0703 e. The second-order valence-corrected chi connectivity index (χ2v) is 5.59. The molecule has 0 spiro atoms. The fourth-order valence-electron chi connectivity index (χ4n) is 2.68. The van der Waals surface area contributed by atoms with E-state index in [1.165, 1.54) is 22.2 Å². The zero-order valence-corrected chi connectivity index (χ0v) is 11.3. The summed E-state index contributed by atoms with van der Waals surface area (Å²) in [6, 6.07) is 10.9. The molecule has 0 atom stereocenters. The Bertz CT molecular complexity index is 629. The van der Waals surface area contributed by atoms with Crippen LogP contribution in [0.4, 0.5) is 0 Å². The van der Waals surface area contributed by atoms with Crippen LogP contribution in [0.1, 0.15) is 24.1 Å². The van der Waals surface area contributed by atoms with Crippen LogP contribution < -0.4 is 5.32 Å². The van der Waals surface area contributed by atoms with Crippen molar-refractivity contribution < 1.29 is 0 Å². The van der Waals surface area contributed by atoms with Crippen molar-refractivity contribution in [2.45, 2.75) is 26.2 Å². The molecule has 0 bridgehead atoms. The van der Waals surface area contributed by atoms with Crippen molar-refractivity contribution in [3.05, 3.63) is 35.5 Å². The largest absolute Gasteiger partial charge is 0.358 e. The Hall–Kier alpha value is -1.79. The van der Waals surface area contributed by atoms with Crippen LogP contribution in [0.3, 0.4) is 0 Å². The lowest BCUT2D eigenvalue weighted by Crippen LogP contribution is -2.25. The summed E-state index contributed by atoms with van der Waals surface area (Å²) >= 11 is 0. The molecule has 3 nitrogen and oxygen atoms in total. The summed E-state index contributed by atoms with van der Waals surface area (Å²) in [7, 11) is 0. The van der Waals surface area contributed by atoms with Crippen LogP contribution in [-0.2, 0) is 6.42 Å². The molecule has 0 amide bonds. The van der Waals surface area contributed by atoms with Crippen molar-refractivity contribution in [1.29, 1.82) is 5.26 Å². The third-order valence-corrected chi connectivity index (χ3v) is 4.13. The normalized spacial score (nSPS) is 16.4. The lowest BCUT2D eigenvalue weighted by Gasteiger charge is -2.08. The molecule has 0 saturated heterocycles. The van der Waals surface area contributed by atoms with Crippen molar-refractivity contribution in [2.75, 3.05) is 13.1 Å². The molecule has 98 valence electrons. The van der Waals surface area contributed by atoms with Gasteiger partial charge in [-0.1, -0.05) is 18.2 Å². The molecule has 3 heteroatoms. The maximum atomic E-state index is 9.03. The SMILES string of the molecule is Cc1[nH]c2ccccc2c1CCNCC1(C#N)CC1. The predicted molar refractivity (Wildman–Crippen MR) is 76.9 cm³/mol. The number of fused-ring (bicyclic) bond motifs is 1. The van der Waals surface area contributed by atoms with Crippen molar-refractivity contribution in [3.63, 3.8) is 0 Å². The first kappa shape index (κ1) is 12.3. The maximum absolute atomic E-state index is 9.03. The van der Waals surface area contributed by atoms with Crippen LogP contribution >= 0.6 is 0 Å². The maximum Gasteiger partial charge on any atom is 0.0703 e. The van der Waals surface area contributed by atoms with Gasteiger partial charge >= 0.3 is 0 Å². The highest BCUT2D eigenvalue weighted by molar-refractivity contribution is 5.84. The molecular formula is C16H19N3. The number of benzene rings is 1. The highest BCUT2D eigenvalue weighted by atomic mass is 14.9. The lowest BCUT2D eigenvalue weighted by molar-refractivity contribution is 0.560. The average molecular weight is 253 g/mol. The molecular weight excluding hydrogens is 234 g/mol. The van der Waals surface area contributed by atoms with Gasteiger partial charge in [0, 0.05) is 23.1 Å². The fraction of sp³-hybridized carbons (Fsp3) is 0.438. The number of hydrogen-bond donors (Lipinski definition) is 2. The van der Waals surface area contributed by atoms with Crippen LogP contribution in [0, 0.1) is 23.7 Å². The summed E-state index contributed by atoms with van der Waals surface area (Å²) in [6.45, 7) is 3.91. The van der Waals surface area contributed by atoms with Crippen LogP contribution in [0.2, 0.25) is 0 Å². The Morgan fingerprint density at radius 2 is 2.16 bits per heavy atom. The number of rotatable bonds is 5. The van der Waals surface area contributed by atoms with Gasteiger partial charge < -0.3 is 10.3 Å². The van der Waals surface area contributed by atoms with Gasteiger partial charge in [0.05, 0.1) is 11.5 Å². The molecule has 1 saturated carbocycles. The van der Waals surface area contributed by atoms with Gasteiger partial charge in [-0.15, -0.1) is 0 Å². The number of nitrogens with zero attached hydrogens (tertiary/aromatic N) is 1. The zero-order valence-electron chi connectivity index (χ0n) is 11.3. The van der Waals surface area contributed by atoms with Crippen molar-refractivity contribution >= 4 is 10.9 Å². The van der Waals surface area contributed by atoms with E-state index in [9.17, 15) is 0 Å². The van der Waals surface area contributed by atoms with E-state index in [0.29, 0.717) is 0 Å². The Morgan fingerprint density at radius 3 is 2.89 bits per heavy atom. The van der Waals surface area contributed by atoms with Gasteiger partial charge in [0.1, 0.15) is 0 Å². The minimum atomic E-state index is -0.0464. The molecule has 2 N–H and O–H groups in total. The molecule has 2 aromatic rings. The number of nitrogens with one attached hydrogen (secondary N) is 2. The first-order valence-corrected chi connectivity index (χ1v) is 6.92. The van der Waals surface area contributed by atoms with E-state index < -0.39 is 0 Å². The van der Waals surface area contributed by atoms with E-state index in [1.54, 1.807) is 0 Å². The summed E-state index contributed by atoms with van der Waals surface area (Å²) in [4.78, 5) is 3.43. The highest BCUT2D eigenvalue weighted by Crippen LogP contribution is 2.43. The van der Waals surface area contributed by atoms with E-state index in [4.69, 9.17) is 5.26 Å². The third-order valence-electron chi connectivity index (χ3n) is 4.13. The summed E-state index contributed by atoms with van der Waals surface area (Å²) in [5, 5.41) is 13.8. The quantitative estimate of drug-likeness (QED) is 0.805. The van der Waals surface area contributed by atoms with Gasteiger partial charge in [-0.25, -0.2) is 0 Å². The number of aryl methyl sites for hydroxylation is 1. The zero-order chi connectivity index (χ0) is 13.3. The summed E-state index contributed by atoms with van der Waals surface area (Å²) in [5.41, 5.74) is 3.81. The number of hydrogen-bond acceptors (Lipinski definition) is 2. The molecule has 3 rings (SSSR count). The Kier molecular flexibility index (Phi) is 3.04. The first-order chi connectivity index (χ1) is 9.24. The third kappa shape index (κ3) is 2.36. The second-order valence-electron chi connectivity index (χ2n) is 5.59. The number of aromatic nitrogens is 1. The van der Waals surface area contributed by atoms with E-state index in [1.807, 2.05) is 0 Å². The van der Waals surface area contributed by atoms with E-state index in [2.05, 4.69) is 47.6 Å². The van der Waals surface area contributed by atoms with Crippen molar-refractivity contribution in [1.82, 2.24) is 10.3 Å². The Morgan fingerprint density at radius 1 is 1.37 bits per heavy atom. The van der Waals surface area contributed by atoms with Gasteiger partial charge in [0.2, 0.25) is 0 Å². The van der Waals surface area contributed by atoms with Crippen LogP contribution in [0.25, 0.3) is 10.9 Å². The van der Waals surface area contributed by atoms with E-state index >= 15 is 0 Å². The Balaban J connectivity index is 1.62. The first-order valence-electron chi connectivity index (χ1n) is 6.92. The molecule has 1 aromatic carbocycles. The second kappa shape index (κ2) is 4.71. The van der Waals surface area contributed by atoms with Gasteiger partial charge in [0.25, 0.3) is 0 Å². The number of H-pyrrole nitrogens is 1. The molecule has 0 radical (unpaired) electrons. The van der Waals surface area contributed by atoms with Crippen molar-refractivity contribution in [3.8, 4) is 6.07 Å². The van der Waals surface area contributed by atoms with E-state index in [0.717, 1.165) is 32.4 Å². The van der Waals surface area contributed by atoms with Crippen molar-refractivity contribution in [2.24, 2.45) is 5.41 Å². The molecule has 1 fully saturated rings. The fourth-order valence-corrected chi connectivity index (χ4v) is 2.68. The average Bonchev–Trinajstić information content (AvgIpc) is 3.14. The molecule has 19 heavy (non-hydrogen) atoms. The molecule has 0 aliphatic heterocycles. The molecule has 1 heterocycles. The summed E-state index contributed by atoms with van der Waals surface area (Å²) < 4.78 is 0. The Labute approximate surface area is 113 Å². The summed E-state index contributed by atoms with van der Waals surface area (Å²) in [5.74, 6) is 0. The van der Waals surface area contributed by atoms with Gasteiger partial charge in [-0.05, 0) is 44.4 Å². The predicted octanol–water partition coefficient (Wildman–Crippen LogP) is 2.91. The highest BCUT2D eigenvalue weighted by Gasteiger charge is 2.42. The van der Waals surface area contributed by atoms with Crippen LogP contribution in [0.15, 0.2) is 24.3 Å². The van der Waals surface area contributed by atoms with Gasteiger partial charge in [-0.3, -0.25) is 0 Å². The van der Waals surface area contributed by atoms with Gasteiger partial charge in [0.15, 0.2) is 0 Å². The summed E-state index contributed by atoms with van der Waals surface area (Å²) in [6.07, 6.45) is 3.13. The molecule has 0 unspecified atom stereocenters. The minimum Gasteiger partial charge on any atom is -0.358 e. The van der Waals surface area contributed by atoms with Gasteiger partial charge in [-0.2, -0.15) is 5.26 Å². The van der Waals surface area contributed by atoms with Crippen LogP contribution in [-0.4, -0.2) is 18.1 Å². The molecule has 1 aliphatic rings. The topological polar surface area (TPSA) is 51.6 Å². The molecule has 1 aliphatic carbocycles. The van der Waals surface area contributed by atoms with E-state index in [-0.39, 0.29) is 5.41 Å². The number of para-hydroxylation sites is 1. The number of nitriles is 1. The van der Waals surface area contributed by atoms with Crippen LogP contribution in [0.5, 0.6) is 0 Å².